The van der Waals surface area contributed by atoms with Crippen molar-refractivity contribution in [2.24, 2.45) is 0 Å². The first-order valence-electron chi connectivity index (χ1n) is 3.29. The molecule has 0 bridgehead atoms. The molecule has 0 unspecified atom stereocenters. The Morgan fingerprint density at radius 1 is 1.54 bits per heavy atom. The van der Waals surface area contributed by atoms with Crippen LogP contribution in [0.4, 0.5) is 0 Å². The monoisotopic (exact) mass is 209 g/mol. The SMILES string of the molecule is COP(=O)(O)OC.Cc1c[nH]nn1. The molecule has 0 aromatic carbocycles. The van der Waals surface area contributed by atoms with Crippen molar-refractivity contribution in [1.82, 2.24) is 15.4 Å². The Balaban J connectivity index is 0.000000223. The van der Waals surface area contributed by atoms with E-state index in [2.05, 4.69) is 24.5 Å². The number of aromatic amines is 1. The van der Waals surface area contributed by atoms with Crippen molar-refractivity contribution in [2.75, 3.05) is 14.2 Å². The fourth-order valence-electron chi connectivity index (χ4n) is 0.333. The maximum absolute atomic E-state index is 10.1. The molecule has 1 heterocycles. The summed E-state index contributed by atoms with van der Waals surface area (Å²) in [5, 5.41) is 9.63. The van der Waals surface area contributed by atoms with E-state index in [1.807, 2.05) is 6.92 Å². The average Bonchev–Trinajstić information content (AvgIpc) is 2.57. The molecule has 0 amide bonds. The highest BCUT2D eigenvalue weighted by molar-refractivity contribution is 7.47. The van der Waals surface area contributed by atoms with Crippen LogP contribution in [-0.4, -0.2) is 34.5 Å². The molecule has 0 aliphatic heterocycles. The molecule has 0 spiro atoms. The van der Waals surface area contributed by atoms with Gasteiger partial charge in [-0.2, -0.15) is 0 Å². The highest BCUT2D eigenvalue weighted by Gasteiger charge is 2.13. The molecule has 7 nitrogen and oxygen atoms in total. The van der Waals surface area contributed by atoms with Crippen molar-refractivity contribution in [2.45, 2.75) is 6.92 Å². The fraction of sp³-hybridized carbons (Fsp3) is 0.600. The third-order valence-corrected chi connectivity index (χ3v) is 1.92. The third-order valence-electron chi connectivity index (χ3n) is 1.00. The molecule has 0 saturated carbocycles. The van der Waals surface area contributed by atoms with E-state index in [1.54, 1.807) is 6.20 Å². The lowest BCUT2D eigenvalue weighted by Gasteiger charge is -2.01. The van der Waals surface area contributed by atoms with Gasteiger partial charge in [-0.05, 0) is 6.92 Å². The maximum atomic E-state index is 10.1. The molecule has 13 heavy (non-hydrogen) atoms. The molecule has 1 aromatic heterocycles. The van der Waals surface area contributed by atoms with Gasteiger partial charge in [-0.1, -0.05) is 5.21 Å². The molecular weight excluding hydrogens is 197 g/mol. The number of hydrogen-bond donors (Lipinski definition) is 2. The number of aromatic nitrogens is 3. The van der Waals surface area contributed by atoms with Crippen molar-refractivity contribution in [1.29, 1.82) is 0 Å². The van der Waals surface area contributed by atoms with Gasteiger partial charge in [-0.25, -0.2) is 4.57 Å². The van der Waals surface area contributed by atoms with Crippen LogP contribution < -0.4 is 0 Å². The zero-order valence-corrected chi connectivity index (χ0v) is 8.49. The van der Waals surface area contributed by atoms with Crippen molar-refractivity contribution < 1.29 is 18.5 Å². The Morgan fingerprint density at radius 2 is 2.08 bits per heavy atom. The summed E-state index contributed by atoms with van der Waals surface area (Å²) >= 11 is 0. The van der Waals surface area contributed by atoms with Crippen LogP contribution in [0, 0.1) is 6.92 Å². The minimum Gasteiger partial charge on any atom is -0.303 e. The molecule has 76 valence electrons. The van der Waals surface area contributed by atoms with Crippen LogP contribution in [0.15, 0.2) is 6.20 Å². The minimum atomic E-state index is -3.65. The minimum absolute atomic E-state index is 0.926. The molecule has 1 rings (SSSR count). The first-order chi connectivity index (χ1) is 6.02. The number of phosphoric acid groups is 1. The average molecular weight is 209 g/mol. The summed E-state index contributed by atoms with van der Waals surface area (Å²) in [6, 6.07) is 0. The number of hydrogen-bond acceptors (Lipinski definition) is 5. The maximum Gasteiger partial charge on any atom is 0.471 e. The number of rotatable bonds is 2. The Bertz CT molecular complexity index is 255. The summed E-state index contributed by atoms with van der Waals surface area (Å²) in [4.78, 5) is 8.24. The van der Waals surface area contributed by atoms with Crippen LogP contribution in [0.3, 0.4) is 0 Å². The molecule has 0 fully saturated rings. The number of aryl methyl sites for hydroxylation is 1. The van der Waals surface area contributed by atoms with Gasteiger partial charge in [0.1, 0.15) is 0 Å². The van der Waals surface area contributed by atoms with Crippen LogP contribution in [0.25, 0.3) is 0 Å². The Labute approximate surface area is 75.7 Å². The third kappa shape index (κ3) is 6.41. The Hall–Kier alpha value is -0.750. The molecule has 0 aliphatic rings. The fourth-order valence-corrected chi connectivity index (χ4v) is 0.482. The highest BCUT2D eigenvalue weighted by Crippen LogP contribution is 2.40. The molecular formula is C5H12N3O4P. The largest absolute Gasteiger partial charge is 0.471 e. The normalized spacial score (nSPS) is 10.5. The molecule has 2 N–H and O–H groups in total. The van der Waals surface area contributed by atoms with E-state index in [0.717, 1.165) is 19.9 Å². The van der Waals surface area contributed by atoms with Gasteiger partial charge in [-0.3, -0.25) is 14.1 Å². The topological polar surface area (TPSA) is 97.3 Å². The summed E-state index contributed by atoms with van der Waals surface area (Å²) < 4.78 is 18.0. The predicted molar refractivity (Wildman–Crippen MR) is 45.0 cm³/mol. The summed E-state index contributed by atoms with van der Waals surface area (Å²) in [6.07, 6.45) is 1.74. The van der Waals surface area contributed by atoms with E-state index >= 15 is 0 Å². The van der Waals surface area contributed by atoms with Gasteiger partial charge in [0, 0.05) is 20.4 Å². The van der Waals surface area contributed by atoms with Crippen LogP contribution >= 0.6 is 7.82 Å². The molecule has 0 radical (unpaired) electrons. The van der Waals surface area contributed by atoms with Crippen LogP contribution in [-0.2, 0) is 13.6 Å². The smallest absolute Gasteiger partial charge is 0.303 e. The second-order valence-corrected chi connectivity index (χ2v) is 3.62. The predicted octanol–water partition coefficient (Wildman–Crippen LogP) is 0.493. The first-order valence-corrected chi connectivity index (χ1v) is 4.78. The van der Waals surface area contributed by atoms with E-state index in [9.17, 15) is 4.57 Å². The molecule has 0 aliphatic carbocycles. The van der Waals surface area contributed by atoms with Gasteiger partial charge in [-0.15, -0.1) is 5.10 Å². The van der Waals surface area contributed by atoms with Crippen LogP contribution in [0.5, 0.6) is 0 Å². The molecule has 0 saturated heterocycles. The lowest BCUT2D eigenvalue weighted by Crippen LogP contribution is -1.83. The van der Waals surface area contributed by atoms with Crippen molar-refractivity contribution in [3.63, 3.8) is 0 Å². The standard InChI is InChI=1S/C3H5N3.C2H7O4P/c1-3-2-4-6-5-3;1-5-7(3,4)6-2/h2H,1H3,(H,4,5,6);1-2H3,(H,3,4). The van der Waals surface area contributed by atoms with E-state index in [4.69, 9.17) is 4.89 Å². The van der Waals surface area contributed by atoms with Gasteiger partial charge in [0.25, 0.3) is 0 Å². The quantitative estimate of drug-likeness (QED) is 0.688. The van der Waals surface area contributed by atoms with Gasteiger partial charge in [0.05, 0.1) is 5.69 Å². The summed E-state index contributed by atoms with van der Waals surface area (Å²) in [6.45, 7) is 1.88. The lowest BCUT2D eigenvalue weighted by atomic mass is 10.6. The van der Waals surface area contributed by atoms with Gasteiger partial charge < -0.3 is 4.89 Å². The summed E-state index contributed by atoms with van der Waals surface area (Å²) in [5.74, 6) is 0. The van der Waals surface area contributed by atoms with E-state index in [0.29, 0.717) is 0 Å². The Morgan fingerprint density at radius 3 is 2.15 bits per heavy atom. The van der Waals surface area contributed by atoms with E-state index in [-0.39, 0.29) is 0 Å². The van der Waals surface area contributed by atoms with Crippen molar-refractivity contribution in [3.05, 3.63) is 11.9 Å². The highest BCUT2D eigenvalue weighted by atomic mass is 31.2. The Kier molecular flexibility index (Phi) is 5.48. The van der Waals surface area contributed by atoms with E-state index < -0.39 is 7.82 Å². The molecule has 8 heteroatoms. The summed E-state index contributed by atoms with van der Waals surface area (Å²) in [5.41, 5.74) is 0.926. The zero-order chi connectivity index (χ0) is 10.3. The van der Waals surface area contributed by atoms with Gasteiger partial charge >= 0.3 is 7.82 Å². The van der Waals surface area contributed by atoms with Crippen molar-refractivity contribution >= 4 is 7.82 Å². The first kappa shape index (κ1) is 12.2. The lowest BCUT2D eigenvalue weighted by molar-refractivity contribution is 0.204. The van der Waals surface area contributed by atoms with E-state index in [1.165, 1.54) is 0 Å². The summed E-state index contributed by atoms with van der Waals surface area (Å²) in [7, 11) is -1.45. The number of phosphoric ester groups is 1. The van der Waals surface area contributed by atoms with Crippen LogP contribution in [0.2, 0.25) is 0 Å². The number of H-pyrrole nitrogens is 1. The second-order valence-electron chi connectivity index (χ2n) is 1.95. The van der Waals surface area contributed by atoms with Gasteiger partial charge in [0.15, 0.2) is 0 Å². The molecule has 1 aromatic rings. The number of nitrogens with one attached hydrogen (secondary N) is 1. The number of nitrogens with zero attached hydrogens (tertiary/aromatic N) is 2. The zero-order valence-electron chi connectivity index (χ0n) is 7.59. The second kappa shape index (κ2) is 5.82. The van der Waals surface area contributed by atoms with Crippen molar-refractivity contribution in [3.8, 4) is 0 Å². The van der Waals surface area contributed by atoms with Crippen LogP contribution in [0.1, 0.15) is 5.69 Å². The molecule has 0 atom stereocenters. The van der Waals surface area contributed by atoms with Gasteiger partial charge in [0.2, 0.25) is 0 Å².